The number of benzene rings is 8. The van der Waals surface area contributed by atoms with E-state index in [2.05, 4.69) is 146 Å². The van der Waals surface area contributed by atoms with Crippen LogP contribution in [0.4, 0.5) is 0 Å². The molecule has 1 aromatic heterocycles. The minimum atomic E-state index is 0.565. The summed E-state index contributed by atoms with van der Waals surface area (Å²) in [5.74, 6) is 1.73. The highest BCUT2D eigenvalue weighted by Crippen LogP contribution is 2.41. The topological polar surface area (TPSA) is 62.5 Å². The molecule has 0 bridgehead atoms. The van der Waals surface area contributed by atoms with Crippen LogP contribution in [-0.2, 0) is 0 Å². The summed E-state index contributed by atoms with van der Waals surface area (Å²) < 4.78 is 0. The second-order valence-corrected chi connectivity index (χ2v) is 13.2. The van der Waals surface area contributed by atoms with Crippen molar-refractivity contribution in [1.82, 2.24) is 15.0 Å². The van der Waals surface area contributed by atoms with E-state index in [1.807, 2.05) is 54.6 Å². The van der Waals surface area contributed by atoms with Gasteiger partial charge in [-0.25, -0.2) is 15.0 Å². The van der Waals surface area contributed by atoms with E-state index in [1.165, 1.54) is 5.39 Å². The second kappa shape index (κ2) is 14.3. The maximum Gasteiger partial charge on any atom is 0.164 e. The number of fused-ring (bicyclic) bond motifs is 1. The first kappa shape index (κ1) is 32.4. The van der Waals surface area contributed by atoms with Gasteiger partial charge in [-0.15, -0.1) is 0 Å². The molecular formula is C50H32N4. The van der Waals surface area contributed by atoms with Crippen molar-refractivity contribution in [2.24, 2.45) is 0 Å². The Kier molecular flexibility index (Phi) is 8.57. The molecule has 0 spiro atoms. The molecule has 4 nitrogen and oxygen atoms in total. The molecule has 9 aromatic rings. The molecule has 8 aromatic carbocycles. The van der Waals surface area contributed by atoms with Crippen LogP contribution < -0.4 is 0 Å². The Hall–Kier alpha value is -7.48. The molecule has 54 heavy (non-hydrogen) atoms. The van der Waals surface area contributed by atoms with E-state index in [4.69, 9.17) is 15.0 Å². The first-order chi connectivity index (χ1) is 26.7. The summed E-state index contributed by atoms with van der Waals surface area (Å²) in [6, 6.07) is 68.8. The SMILES string of the molecule is N#Cc1cccc(-c2cccc(-c3nc(-c4ccc(-c5ccccc5)cc4)nc(-c4cccc(-c5ccccc5)c4-c4ccc5ccccc5c4)n3)c2)c1. The Labute approximate surface area is 314 Å². The molecule has 1 heterocycles. The van der Waals surface area contributed by atoms with E-state index in [9.17, 15) is 5.26 Å². The lowest BCUT2D eigenvalue weighted by molar-refractivity contribution is 1.07. The predicted octanol–water partition coefficient (Wildman–Crippen LogP) is 12.6. The lowest BCUT2D eigenvalue weighted by atomic mass is 9.89. The Morgan fingerprint density at radius 3 is 1.59 bits per heavy atom. The summed E-state index contributed by atoms with van der Waals surface area (Å²) in [5, 5.41) is 11.9. The van der Waals surface area contributed by atoms with Gasteiger partial charge in [0, 0.05) is 22.3 Å². The van der Waals surface area contributed by atoms with Crippen LogP contribution in [0.25, 0.3) is 89.4 Å². The van der Waals surface area contributed by atoms with Crippen molar-refractivity contribution in [3.8, 4) is 84.7 Å². The van der Waals surface area contributed by atoms with Crippen molar-refractivity contribution in [3.63, 3.8) is 0 Å². The van der Waals surface area contributed by atoms with Gasteiger partial charge in [-0.1, -0.05) is 170 Å². The summed E-state index contributed by atoms with van der Waals surface area (Å²) in [7, 11) is 0. The number of hydrogen-bond donors (Lipinski definition) is 0. The minimum absolute atomic E-state index is 0.565. The van der Waals surface area contributed by atoms with E-state index >= 15 is 0 Å². The molecule has 0 amide bonds. The van der Waals surface area contributed by atoms with Crippen LogP contribution in [0.5, 0.6) is 0 Å². The van der Waals surface area contributed by atoms with E-state index in [-0.39, 0.29) is 0 Å². The number of nitrogens with zero attached hydrogens (tertiary/aromatic N) is 4. The summed E-state index contributed by atoms with van der Waals surface area (Å²) >= 11 is 0. The first-order valence-electron chi connectivity index (χ1n) is 17.9. The fraction of sp³-hybridized carbons (Fsp3) is 0. The third-order valence-corrected chi connectivity index (χ3v) is 9.76. The average Bonchev–Trinajstić information content (AvgIpc) is 3.26. The molecule has 0 N–H and O–H groups in total. The predicted molar refractivity (Wildman–Crippen MR) is 220 cm³/mol. The van der Waals surface area contributed by atoms with Gasteiger partial charge in [0.05, 0.1) is 11.6 Å². The molecule has 0 fully saturated rings. The van der Waals surface area contributed by atoms with Gasteiger partial charge in [0.1, 0.15) is 0 Å². The number of aromatic nitrogens is 3. The maximum absolute atomic E-state index is 9.57. The van der Waals surface area contributed by atoms with Crippen LogP contribution in [-0.4, -0.2) is 15.0 Å². The Balaban J connectivity index is 1.26. The lowest BCUT2D eigenvalue weighted by Crippen LogP contribution is -2.02. The summed E-state index contributed by atoms with van der Waals surface area (Å²) in [4.78, 5) is 15.6. The molecule has 0 atom stereocenters. The summed E-state index contributed by atoms with van der Waals surface area (Å²) in [6.07, 6.45) is 0. The third-order valence-electron chi connectivity index (χ3n) is 9.76. The Bertz CT molecular complexity index is 2820. The normalized spacial score (nSPS) is 10.9. The number of nitriles is 1. The van der Waals surface area contributed by atoms with E-state index in [0.717, 1.165) is 66.6 Å². The molecule has 0 saturated heterocycles. The fourth-order valence-electron chi connectivity index (χ4n) is 7.06. The highest BCUT2D eigenvalue weighted by Gasteiger charge is 2.20. The van der Waals surface area contributed by atoms with E-state index in [0.29, 0.717) is 23.0 Å². The standard InChI is InChI=1S/C50H32N4/c51-33-34-12-9-19-40(30-34)42-20-10-21-44(32-42)49-52-48(39-27-24-37(25-28-39)35-13-3-1-4-14-35)53-50(54-49)46-23-11-22-45(38-16-5-2-6-17-38)47(46)43-29-26-36-15-7-8-18-41(36)31-43/h1-32H. The van der Waals surface area contributed by atoms with Gasteiger partial charge in [0.15, 0.2) is 17.5 Å². The van der Waals surface area contributed by atoms with Gasteiger partial charge in [-0.2, -0.15) is 5.26 Å². The molecule has 0 saturated carbocycles. The van der Waals surface area contributed by atoms with Crippen LogP contribution >= 0.6 is 0 Å². The molecule has 252 valence electrons. The zero-order chi connectivity index (χ0) is 36.3. The van der Waals surface area contributed by atoms with Crippen LogP contribution in [0.2, 0.25) is 0 Å². The third kappa shape index (κ3) is 6.43. The molecule has 0 aliphatic rings. The zero-order valence-electron chi connectivity index (χ0n) is 29.3. The average molecular weight is 689 g/mol. The van der Waals surface area contributed by atoms with Crippen LogP contribution in [0.3, 0.4) is 0 Å². The highest BCUT2D eigenvalue weighted by molar-refractivity contribution is 5.97. The Morgan fingerprint density at radius 1 is 0.315 bits per heavy atom. The Morgan fingerprint density at radius 2 is 0.833 bits per heavy atom. The molecule has 9 rings (SSSR count). The van der Waals surface area contributed by atoms with Gasteiger partial charge in [0.25, 0.3) is 0 Å². The van der Waals surface area contributed by atoms with E-state index < -0.39 is 0 Å². The number of hydrogen-bond acceptors (Lipinski definition) is 4. The van der Waals surface area contributed by atoms with Gasteiger partial charge in [-0.3, -0.25) is 0 Å². The largest absolute Gasteiger partial charge is 0.208 e. The molecule has 4 heteroatoms. The van der Waals surface area contributed by atoms with Crippen LogP contribution in [0.1, 0.15) is 5.56 Å². The van der Waals surface area contributed by atoms with Gasteiger partial charge < -0.3 is 0 Å². The fourth-order valence-corrected chi connectivity index (χ4v) is 7.06. The smallest absolute Gasteiger partial charge is 0.164 e. The minimum Gasteiger partial charge on any atom is -0.208 e. The van der Waals surface area contributed by atoms with Gasteiger partial charge in [-0.05, 0) is 74.0 Å². The van der Waals surface area contributed by atoms with Crippen LogP contribution in [0.15, 0.2) is 194 Å². The molecular weight excluding hydrogens is 657 g/mol. The molecule has 0 aliphatic heterocycles. The second-order valence-electron chi connectivity index (χ2n) is 13.2. The number of rotatable bonds is 7. The highest BCUT2D eigenvalue weighted by atomic mass is 15.0. The maximum atomic E-state index is 9.57. The van der Waals surface area contributed by atoms with Crippen molar-refractivity contribution in [3.05, 3.63) is 200 Å². The van der Waals surface area contributed by atoms with Crippen molar-refractivity contribution < 1.29 is 0 Å². The quantitative estimate of drug-likeness (QED) is 0.167. The lowest BCUT2D eigenvalue weighted by Gasteiger charge is -2.17. The monoisotopic (exact) mass is 688 g/mol. The molecule has 0 unspecified atom stereocenters. The van der Waals surface area contributed by atoms with Crippen molar-refractivity contribution in [2.75, 3.05) is 0 Å². The van der Waals surface area contributed by atoms with Crippen molar-refractivity contribution >= 4 is 10.8 Å². The zero-order valence-corrected chi connectivity index (χ0v) is 29.3. The first-order valence-corrected chi connectivity index (χ1v) is 17.9. The molecule has 0 aliphatic carbocycles. The van der Waals surface area contributed by atoms with Gasteiger partial charge in [0.2, 0.25) is 0 Å². The summed E-state index contributed by atoms with van der Waals surface area (Å²) in [6.45, 7) is 0. The molecule has 0 radical (unpaired) electrons. The van der Waals surface area contributed by atoms with Crippen molar-refractivity contribution in [1.29, 1.82) is 5.26 Å². The van der Waals surface area contributed by atoms with E-state index in [1.54, 1.807) is 0 Å². The van der Waals surface area contributed by atoms with Crippen LogP contribution in [0, 0.1) is 11.3 Å². The summed E-state index contributed by atoms with van der Waals surface area (Å²) in [5.41, 5.74) is 11.8. The van der Waals surface area contributed by atoms with Gasteiger partial charge >= 0.3 is 0 Å². The van der Waals surface area contributed by atoms with Crippen molar-refractivity contribution in [2.45, 2.75) is 0 Å².